The second kappa shape index (κ2) is 6.70. The Morgan fingerprint density at radius 3 is 2.50 bits per heavy atom. The Bertz CT molecular complexity index is 161. The molecule has 3 nitrogen and oxygen atoms in total. The molecule has 0 spiro atoms. The van der Waals surface area contributed by atoms with Crippen LogP contribution in [-0.2, 0) is 14.3 Å². The molecule has 0 radical (unpaired) electrons. The Hall–Kier alpha value is -0.990. The minimum Gasteiger partial charge on any atom is -0.504 e. The van der Waals surface area contributed by atoms with E-state index in [9.17, 15) is 4.79 Å². The first-order valence-corrected chi connectivity index (χ1v) is 4.15. The predicted molar refractivity (Wildman–Crippen MR) is 46.6 cm³/mol. The number of carbonyl (C=O) groups is 1. The van der Waals surface area contributed by atoms with Gasteiger partial charge in [-0.2, -0.15) is 0 Å². The van der Waals surface area contributed by atoms with Crippen LogP contribution in [0.25, 0.3) is 0 Å². The number of esters is 1. The summed E-state index contributed by atoms with van der Waals surface area (Å²) in [7, 11) is 1.52. The van der Waals surface area contributed by atoms with Gasteiger partial charge in [-0.05, 0) is 13.3 Å². The molecule has 0 aromatic rings. The van der Waals surface area contributed by atoms with Gasteiger partial charge in [-0.25, -0.2) is 4.79 Å². The molecule has 0 unspecified atom stereocenters. The molecule has 3 heteroatoms. The summed E-state index contributed by atoms with van der Waals surface area (Å²) in [6.45, 7) is 4.20. The molecule has 70 valence electrons. The molecule has 0 heterocycles. The molecule has 0 rings (SSSR count). The van der Waals surface area contributed by atoms with Crippen molar-refractivity contribution in [3.05, 3.63) is 11.8 Å². The minimum atomic E-state index is -0.277. The van der Waals surface area contributed by atoms with Gasteiger partial charge in [-0.1, -0.05) is 13.3 Å². The number of hydrogen-bond acceptors (Lipinski definition) is 3. The van der Waals surface area contributed by atoms with E-state index in [1.54, 1.807) is 6.92 Å². The summed E-state index contributed by atoms with van der Waals surface area (Å²) in [5, 5.41) is 0. The van der Waals surface area contributed by atoms with E-state index in [2.05, 4.69) is 0 Å². The maximum Gasteiger partial charge on any atom is 0.337 e. The highest BCUT2D eigenvalue weighted by atomic mass is 16.5. The Morgan fingerprint density at radius 2 is 2.08 bits per heavy atom. The zero-order valence-electron chi connectivity index (χ0n) is 7.92. The lowest BCUT2D eigenvalue weighted by Gasteiger charge is -2.04. The van der Waals surface area contributed by atoms with E-state index in [1.165, 1.54) is 13.4 Å². The van der Waals surface area contributed by atoms with Crippen LogP contribution in [-0.4, -0.2) is 19.7 Å². The standard InChI is InChI=1S/C9H16O3/c1-4-6-8(7-11-3)9(10)12-5-2/h7H,4-6H2,1-3H3. The lowest BCUT2D eigenvalue weighted by atomic mass is 10.2. The zero-order chi connectivity index (χ0) is 9.40. The molecule has 0 aromatic heterocycles. The fourth-order valence-corrected chi connectivity index (χ4v) is 0.844. The first kappa shape index (κ1) is 11.0. The number of hydrogen-bond donors (Lipinski definition) is 0. The van der Waals surface area contributed by atoms with E-state index in [4.69, 9.17) is 9.47 Å². The van der Waals surface area contributed by atoms with E-state index < -0.39 is 0 Å². The monoisotopic (exact) mass is 172 g/mol. The summed E-state index contributed by atoms with van der Waals surface area (Å²) in [4.78, 5) is 11.2. The van der Waals surface area contributed by atoms with Crippen LogP contribution < -0.4 is 0 Å². The summed E-state index contributed by atoms with van der Waals surface area (Å²) < 4.78 is 9.58. The van der Waals surface area contributed by atoms with Gasteiger partial charge in [0.15, 0.2) is 0 Å². The van der Waals surface area contributed by atoms with Crippen LogP contribution in [0, 0.1) is 0 Å². The maximum atomic E-state index is 11.2. The van der Waals surface area contributed by atoms with Gasteiger partial charge in [-0.15, -0.1) is 0 Å². The van der Waals surface area contributed by atoms with Crippen molar-refractivity contribution < 1.29 is 14.3 Å². The molecular formula is C9H16O3. The Kier molecular flexibility index (Phi) is 6.15. The number of methoxy groups -OCH3 is 1. The summed E-state index contributed by atoms with van der Waals surface area (Å²) in [6.07, 6.45) is 3.06. The summed E-state index contributed by atoms with van der Waals surface area (Å²) in [6, 6.07) is 0. The molecule has 0 atom stereocenters. The first-order valence-electron chi connectivity index (χ1n) is 4.15. The van der Waals surface area contributed by atoms with Crippen LogP contribution in [0.15, 0.2) is 11.8 Å². The van der Waals surface area contributed by atoms with Gasteiger partial charge in [0.1, 0.15) is 0 Å². The van der Waals surface area contributed by atoms with E-state index in [-0.39, 0.29) is 5.97 Å². The van der Waals surface area contributed by atoms with Gasteiger partial charge in [0.25, 0.3) is 0 Å². The van der Waals surface area contributed by atoms with Gasteiger partial charge in [-0.3, -0.25) is 0 Å². The van der Waals surface area contributed by atoms with Crippen LogP contribution in [0.1, 0.15) is 26.7 Å². The molecule has 0 aromatic carbocycles. The summed E-state index contributed by atoms with van der Waals surface area (Å²) in [5.41, 5.74) is 0.599. The third kappa shape index (κ3) is 4.01. The van der Waals surface area contributed by atoms with Crippen molar-refractivity contribution in [1.82, 2.24) is 0 Å². The molecule has 0 saturated heterocycles. The van der Waals surface area contributed by atoms with Crippen molar-refractivity contribution in [1.29, 1.82) is 0 Å². The quantitative estimate of drug-likeness (QED) is 0.361. The fourth-order valence-electron chi connectivity index (χ4n) is 0.844. The smallest absolute Gasteiger partial charge is 0.337 e. The van der Waals surface area contributed by atoms with Crippen LogP contribution in [0.2, 0.25) is 0 Å². The SMILES string of the molecule is CCCC(=COC)C(=O)OCC. The zero-order valence-corrected chi connectivity index (χ0v) is 7.92. The summed E-state index contributed by atoms with van der Waals surface area (Å²) >= 11 is 0. The molecule has 0 fully saturated rings. The van der Waals surface area contributed by atoms with Crippen molar-refractivity contribution in [3.63, 3.8) is 0 Å². The Balaban J connectivity index is 4.09. The lowest BCUT2D eigenvalue weighted by molar-refractivity contribution is -0.138. The molecule has 0 saturated carbocycles. The lowest BCUT2D eigenvalue weighted by Crippen LogP contribution is -2.07. The Morgan fingerprint density at radius 1 is 1.42 bits per heavy atom. The average molecular weight is 172 g/mol. The fraction of sp³-hybridized carbons (Fsp3) is 0.667. The normalized spacial score (nSPS) is 11.1. The van der Waals surface area contributed by atoms with E-state index in [1.807, 2.05) is 6.92 Å². The molecule has 0 aliphatic rings. The second-order valence-corrected chi connectivity index (χ2v) is 2.35. The molecular weight excluding hydrogens is 156 g/mol. The minimum absolute atomic E-state index is 0.277. The second-order valence-electron chi connectivity index (χ2n) is 2.35. The van der Waals surface area contributed by atoms with Crippen molar-refractivity contribution in [2.75, 3.05) is 13.7 Å². The highest BCUT2D eigenvalue weighted by molar-refractivity contribution is 5.88. The van der Waals surface area contributed by atoms with Gasteiger partial charge in [0, 0.05) is 0 Å². The largest absolute Gasteiger partial charge is 0.504 e. The molecule has 0 bridgehead atoms. The molecule has 0 amide bonds. The van der Waals surface area contributed by atoms with Crippen LogP contribution in [0.4, 0.5) is 0 Å². The molecule has 12 heavy (non-hydrogen) atoms. The van der Waals surface area contributed by atoms with Crippen molar-refractivity contribution >= 4 is 5.97 Å². The van der Waals surface area contributed by atoms with Gasteiger partial charge in [0.2, 0.25) is 0 Å². The number of rotatable bonds is 5. The third-order valence-corrected chi connectivity index (χ3v) is 1.32. The molecule has 0 aliphatic carbocycles. The maximum absolute atomic E-state index is 11.2. The molecule has 0 aliphatic heterocycles. The first-order chi connectivity index (χ1) is 5.76. The van der Waals surface area contributed by atoms with Crippen molar-refractivity contribution in [3.8, 4) is 0 Å². The number of ether oxygens (including phenoxy) is 2. The van der Waals surface area contributed by atoms with Gasteiger partial charge in [0.05, 0.1) is 25.6 Å². The van der Waals surface area contributed by atoms with E-state index >= 15 is 0 Å². The van der Waals surface area contributed by atoms with Crippen molar-refractivity contribution in [2.45, 2.75) is 26.7 Å². The summed E-state index contributed by atoms with van der Waals surface area (Å²) in [5.74, 6) is -0.277. The topological polar surface area (TPSA) is 35.5 Å². The van der Waals surface area contributed by atoms with Crippen LogP contribution >= 0.6 is 0 Å². The van der Waals surface area contributed by atoms with Crippen LogP contribution in [0.5, 0.6) is 0 Å². The molecule has 0 N–H and O–H groups in total. The average Bonchev–Trinajstić information content (AvgIpc) is 2.04. The highest BCUT2D eigenvalue weighted by Gasteiger charge is 2.08. The van der Waals surface area contributed by atoms with Crippen LogP contribution in [0.3, 0.4) is 0 Å². The number of carbonyl (C=O) groups excluding carboxylic acids is 1. The van der Waals surface area contributed by atoms with E-state index in [0.717, 1.165) is 6.42 Å². The van der Waals surface area contributed by atoms with E-state index in [0.29, 0.717) is 18.6 Å². The predicted octanol–water partition coefficient (Wildman–Crippen LogP) is 1.88. The highest BCUT2D eigenvalue weighted by Crippen LogP contribution is 2.06. The van der Waals surface area contributed by atoms with Gasteiger partial charge >= 0.3 is 5.97 Å². The third-order valence-electron chi connectivity index (χ3n) is 1.32. The van der Waals surface area contributed by atoms with Crippen molar-refractivity contribution in [2.24, 2.45) is 0 Å². The Labute approximate surface area is 73.4 Å². The van der Waals surface area contributed by atoms with Gasteiger partial charge < -0.3 is 9.47 Å².